The minimum atomic E-state index is -0.789. The molecule has 1 heterocycles. The van der Waals surface area contributed by atoms with Gasteiger partial charge in [0.1, 0.15) is 12.6 Å². The first-order chi connectivity index (χ1) is 22.7. The molecule has 1 aromatic heterocycles. The number of H-pyrrole nitrogens is 1. The average molecular weight is 643 g/mol. The van der Waals surface area contributed by atoms with Crippen molar-refractivity contribution in [2.45, 2.75) is 45.4 Å². The van der Waals surface area contributed by atoms with Crippen molar-refractivity contribution in [1.29, 1.82) is 0 Å². The first kappa shape index (κ1) is 32.9. The highest BCUT2D eigenvalue weighted by molar-refractivity contribution is 5.96. The summed E-state index contributed by atoms with van der Waals surface area (Å²) in [5.41, 5.74) is 4.08. The minimum Gasteiger partial charge on any atom is -0.493 e. The summed E-state index contributed by atoms with van der Waals surface area (Å²) in [6.45, 7) is 3.40. The van der Waals surface area contributed by atoms with Crippen LogP contribution in [0.5, 0.6) is 17.2 Å². The molecule has 2 atom stereocenters. The fraction of sp³-hybridized carbons (Fsp3) is 0.324. The van der Waals surface area contributed by atoms with Crippen molar-refractivity contribution in [2.75, 3.05) is 39.1 Å². The van der Waals surface area contributed by atoms with Gasteiger partial charge >= 0.3 is 0 Å². The van der Waals surface area contributed by atoms with E-state index >= 15 is 0 Å². The van der Waals surface area contributed by atoms with Crippen LogP contribution in [0.1, 0.15) is 43.3 Å². The van der Waals surface area contributed by atoms with Crippen molar-refractivity contribution in [2.24, 2.45) is 0 Å². The molecule has 0 bridgehead atoms. The second-order valence-electron chi connectivity index (χ2n) is 11.1. The number of fused-ring (bicyclic) bond motifs is 3. The number of hydrogen-bond acceptors (Lipinski definition) is 10. The summed E-state index contributed by atoms with van der Waals surface area (Å²) in [4.78, 5) is 43.6. The van der Waals surface area contributed by atoms with E-state index in [0.29, 0.717) is 70.7 Å². The molecule has 0 fully saturated rings. The van der Waals surface area contributed by atoms with Crippen LogP contribution in [0, 0.1) is 0 Å². The van der Waals surface area contributed by atoms with Gasteiger partial charge in [-0.2, -0.15) is 5.10 Å². The molecule has 47 heavy (non-hydrogen) atoms. The second kappa shape index (κ2) is 14.3. The average Bonchev–Trinajstić information content (AvgIpc) is 3.41. The third kappa shape index (κ3) is 7.04. The van der Waals surface area contributed by atoms with E-state index in [4.69, 9.17) is 18.9 Å². The molecule has 0 saturated carbocycles. The van der Waals surface area contributed by atoms with Crippen LogP contribution in [-0.4, -0.2) is 61.5 Å². The second-order valence-corrected chi connectivity index (χ2v) is 11.1. The van der Waals surface area contributed by atoms with Gasteiger partial charge in [0.2, 0.25) is 23.0 Å². The van der Waals surface area contributed by atoms with E-state index in [2.05, 4.69) is 31.1 Å². The maximum absolute atomic E-state index is 13.7. The third-order valence-corrected chi connectivity index (χ3v) is 7.88. The zero-order valence-corrected chi connectivity index (χ0v) is 27.1. The number of aromatic amines is 1. The predicted molar refractivity (Wildman–Crippen MR) is 177 cm³/mol. The summed E-state index contributed by atoms with van der Waals surface area (Å²) in [5.74, 6) is 1.85. The Kier molecular flexibility index (Phi) is 10.0. The number of nitrogens with zero attached hydrogens (tertiary/aromatic N) is 2. The van der Waals surface area contributed by atoms with Crippen LogP contribution < -0.4 is 35.6 Å². The number of benzene rings is 2. The third-order valence-electron chi connectivity index (χ3n) is 7.88. The van der Waals surface area contributed by atoms with E-state index in [1.54, 1.807) is 58.6 Å². The molecule has 4 N–H and O–H groups in total. The van der Waals surface area contributed by atoms with Gasteiger partial charge in [-0.1, -0.05) is 18.2 Å². The molecule has 1 aliphatic carbocycles. The topological polar surface area (TPSA) is 166 Å². The number of carbonyl (C=O) groups excluding carboxylic acids is 2. The Balaban J connectivity index is 1.47. The van der Waals surface area contributed by atoms with Gasteiger partial charge in [0.25, 0.3) is 0 Å². The Bertz CT molecular complexity index is 1860. The van der Waals surface area contributed by atoms with Crippen molar-refractivity contribution in [3.8, 4) is 39.8 Å². The first-order valence-corrected chi connectivity index (χ1v) is 15.0. The Morgan fingerprint density at radius 2 is 1.81 bits per heavy atom. The normalized spacial score (nSPS) is 14.1. The maximum Gasteiger partial charge on any atom is 0.246 e. The monoisotopic (exact) mass is 642 g/mol. The molecule has 2 amide bonds. The fourth-order valence-electron chi connectivity index (χ4n) is 5.74. The van der Waals surface area contributed by atoms with Gasteiger partial charge in [-0.3, -0.25) is 19.5 Å². The highest BCUT2D eigenvalue weighted by atomic mass is 16.5. The number of methoxy groups -OCH3 is 4. The molecule has 246 valence electrons. The lowest BCUT2D eigenvalue weighted by Crippen LogP contribution is -2.33. The Morgan fingerprint density at radius 3 is 2.51 bits per heavy atom. The summed E-state index contributed by atoms with van der Waals surface area (Å²) in [6.07, 6.45) is 1.11. The van der Waals surface area contributed by atoms with Gasteiger partial charge in [0.05, 0.1) is 33.1 Å². The molecular formula is C34H38N6O7. The number of ether oxygens (including phenoxy) is 4. The first-order valence-electron chi connectivity index (χ1n) is 15.0. The van der Waals surface area contributed by atoms with E-state index < -0.39 is 12.1 Å². The zero-order chi connectivity index (χ0) is 33.7. The number of aryl methyl sites for hydroxylation is 1. The van der Waals surface area contributed by atoms with Gasteiger partial charge < -0.3 is 34.9 Å². The lowest BCUT2D eigenvalue weighted by atomic mass is 9.95. The van der Waals surface area contributed by atoms with Crippen LogP contribution in [0.3, 0.4) is 0 Å². The Morgan fingerprint density at radius 1 is 1.02 bits per heavy atom. The van der Waals surface area contributed by atoms with Crippen LogP contribution in [-0.2, 0) is 27.4 Å². The van der Waals surface area contributed by atoms with E-state index in [1.807, 2.05) is 12.1 Å². The van der Waals surface area contributed by atoms with Crippen molar-refractivity contribution in [1.82, 2.24) is 20.5 Å². The fourth-order valence-corrected chi connectivity index (χ4v) is 5.74. The van der Waals surface area contributed by atoms with Gasteiger partial charge in [0.15, 0.2) is 23.1 Å². The van der Waals surface area contributed by atoms with Gasteiger partial charge in [-0.15, -0.1) is 0 Å². The van der Waals surface area contributed by atoms with Crippen LogP contribution in [0.4, 0.5) is 11.4 Å². The lowest BCUT2D eigenvalue weighted by Gasteiger charge is -2.19. The Labute approximate surface area is 272 Å². The van der Waals surface area contributed by atoms with Gasteiger partial charge in [-0.05, 0) is 66.8 Å². The van der Waals surface area contributed by atoms with Gasteiger partial charge in [0, 0.05) is 30.8 Å². The van der Waals surface area contributed by atoms with E-state index in [1.165, 1.54) is 20.1 Å². The molecule has 13 heteroatoms. The molecule has 13 nitrogen and oxygen atoms in total. The standard InChI is InChI=1S/C34H38N6O7/c1-18(34(43)37-22-9-7-8-21(14-22)33-38-29(17-44-3)39-40-33)35-26-13-11-23-24(16-27(26)42)25(36-19(2)41)12-10-20-15-28(45-4)31(46-5)32(47-6)30(20)23/h7-9,11,13-16,18,25H,10,12,17H2,1-6H3,(H,35,42)(H,36,41)(H,37,43)(H,38,39,40)/t18-,25-/m0/s1. The molecule has 0 unspecified atom stereocenters. The number of aromatic nitrogens is 3. The van der Waals surface area contributed by atoms with Crippen LogP contribution in [0.25, 0.3) is 22.5 Å². The number of rotatable bonds is 11. The minimum absolute atomic E-state index is 0.212. The SMILES string of the molecule is COCc1nc(-c2cccc(NC(=O)[C@H](C)Nc3ccc4c(cc3=O)[C@@H](NC(C)=O)CCc3cc(OC)c(OC)c(OC)c3-4)c2)n[nH]1. The van der Waals surface area contributed by atoms with Gasteiger partial charge in [-0.25, -0.2) is 4.98 Å². The smallest absolute Gasteiger partial charge is 0.246 e. The van der Waals surface area contributed by atoms with Crippen LogP contribution in [0.2, 0.25) is 0 Å². The van der Waals surface area contributed by atoms with Crippen molar-refractivity contribution < 1.29 is 28.5 Å². The van der Waals surface area contributed by atoms with Crippen LogP contribution >= 0.6 is 0 Å². The molecule has 0 spiro atoms. The molecule has 1 aliphatic rings. The van der Waals surface area contributed by atoms with Crippen molar-refractivity contribution >= 4 is 23.2 Å². The molecule has 0 aliphatic heterocycles. The number of hydrogen-bond donors (Lipinski definition) is 4. The molecule has 0 saturated heterocycles. The number of amides is 2. The highest BCUT2D eigenvalue weighted by Crippen LogP contribution is 2.50. The molecular weight excluding hydrogens is 604 g/mol. The number of nitrogens with one attached hydrogen (secondary N) is 4. The summed E-state index contributed by atoms with van der Waals surface area (Å²) >= 11 is 0. The van der Waals surface area contributed by atoms with E-state index in [-0.39, 0.29) is 22.9 Å². The summed E-state index contributed by atoms with van der Waals surface area (Å²) in [6, 6.07) is 12.7. The molecule has 4 aromatic rings. The maximum atomic E-state index is 13.7. The lowest BCUT2D eigenvalue weighted by molar-refractivity contribution is -0.119. The highest BCUT2D eigenvalue weighted by Gasteiger charge is 2.29. The van der Waals surface area contributed by atoms with Crippen LogP contribution in [0.15, 0.2) is 53.3 Å². The largest absolute Gasteiger partial charge is 0.493 e. The zero-order valence-electron chi connectivity index (χ0n) is 27.1. The molecule has 0 radical (unpaired) electrons. The number of carbonyl (C=O) groups is 2. The van der Waals surface area contributed by atoms with E-state index in [9.17, 15) is 14.4 Å². The summed E-state index contributed by atoms with van der Waals surface area (Å²) in [7, 11) is 6.20. The van der Waals surface area contributed by atoms with E-state index in [0.717, 1.165) is 11.1 Å². The molecule has 5 rings (SSSR count). The number of anilines is 2. The quantitative estimate of drug-likeness (QED) is 0.186. The molecule has 3 aromatic carbocycles. The summed E-state index contributed by atoms with van der Waals surface area (Å²) in [5, 5.41) is 16.0. The van der Waals surface area contributed by atoms with Crippen molar-refractivity contribution in [3.63, 3.8) is 0 Å². The Hall–Kier alpha value is -5.43. The summed E-state index contributed by atoms with van der Waals surface area (Å²) < 4.78 is 22.2. The van der Waals surface area contributed by atoms with Crippen molar-refractivity contribution in [3.05, 3.63) is 75.7 Å². The predicted octanol–water partition coefficient (Wildman–Crippen LogP) is 4.23.